The Morgan fingerprint density at radius 3 is 1.70 bits per heavy atom. The molecule has 0 bridgehead atoms. The van der Waals surface area contributed by atoms with Crippen molar-refractivity contribution in [1.82, 2.24) is 0 Å². The van der Waals surface area contributed by atoms with E-state index in [0.717, 1.165) is 0 Å². The van der Waals surface area contributed by atoms with Crippen LogP contribution in [0.25, 0.3) is 0 Å². The van der Waals surface area contributed by atoms with Crippen LogP contribution in [-0.4, -0.2) is 42.5 Å². The smallest absolute Gasteiger partial charge is 1.00 e. The molecule has 0 heterocycles. The zero-order chi connectivity index (χ0) is 6.78. The first-order valence-corrected chi connectivity index (χ1v) is 4.85. The van der Waals surface area contributed by atoms with Crippen molar-refractivity contribution in [2.45, 2.75) is 20.0 Å². The SMILES string of the molecule is CC(C)O[Se](=O)(=O)[O-].[Br-].[Mg+2]. The van der Waals surface area contributed by atoms with Crippen LogP contribution in [0, 0.1) is 0 Å². The Labute approximate surface area is 88.5 Å². The number of hydrogen-bond donors (Lipinski definition) is 0. The summed E-state index contributed by atoms with van der Waals surface area (Å²) < 4.78 is 33.1. The third-order valence-corrected chi connectivity index (χ3v) is 1.61. The van der Waals surface area contributed by atoms with Crippen molar-refractivity contribution in [3.05, 3.63) is 0 Å². The van der Waals surface area contributed by atoms with E-state index >= 15 is 0 Å². The molecular weight excluding hydrogens is 283 g/mol. The molecule has 0 rings (SSSR count). The first-order chi connectivity index (χ1) is 3.42. The second kappa shape index (κ2) is 6.96. The third-order valence-electron chi connectivity index (χ3n) is 0.310. The summed E-state index contributed by atoms with van der Waals surface area (Å²) in [5.74, 6) is 0. The van der Waals surface area contributed by atoms with Gasteiger partial charge in [-0.1, -0.05) is 0 Å². The zero-order valence-electron chi connectivity index (χ0n) is 5.70. The van der Waals surface area contributed by atoms with Gasteiger partial charge in [0.15, 0.2) is 0 Å². The summed E-state index contributed by atoms with van der Waals surface area (Å²) in [7, 11) is 0. The van der Waals surface area contributed by atoms with Crippen molar-refractivity contribution in [3.63, 3.8) is 0 Å². The zero-order valence-corrected chi connectivity index (χ0v) is 10.4. The molecule has 0 radical (unpaired) electrons. The molecule has 0 aromatic carbocycles. The molecular formula is C3H7BrMgO4Se. The van der Waals surface area contributed by atoms with Crippen LogP contribution in [-0.2, 0) is 11.5 Å². The molecule has 0 aromatic heterocycles. The van der Waals surface area contributed by atoms with Crippen molar-refractivity contribution in [2.24, 2.45) is 0 Å². The van der Waals surface area contributed by atoms with Gasteiger partial charge in [0.25, 0.3) is 0 Å². The monoisotopic (exact) mass is 290 g/mol. The Balaban J connectivity index is -0.000000245. The van der Waals surface area contributed by atoms with Gasteiger partial charge in [-0.25, -0.2) is 0 Å². The standard InChI is InChI=1S/C3H8O4Se.BrH.Mg/c1-3(2)7-8(4,5)6;;/h3H,1-2H3,(H,4,5,6);1H;/q;;+2/p-2. The summed E-state index contributed by atoms with van der Waals surface area (Å²) in [5.41, 5.74) is 0. The van der Waals surface area contributed by atoms with Crippen molar-refractivity contribution in [1.29, 1.82) is 0 Å². The van der Waals surface area contributed by atoms with E-state index < -0.39 is 19.5 Å². The van der Waals surface area contributed by atoms with Gasteiger partial charge in [-0.15, -0.1) is 0 Å². The molecule has 0 aliphatic carbocycles. The van der Waals surface area contributed by atoms with Crippen molar-refractivity contribution < 1.29 is 32.7 Å². The van der Waals surface area contributed by atoms with Crippen LogP contribution in [0.3, 0.4) is 0 Å². The maximum absolute atomic E-state index is 9.74. The van der Waals surface area contributed by atoms with E-state index in [1.807, 2.05) is 0 Å². The van der Waals surface area contributed by atoms with E-state index in [2.05, 4.69) is 3.82 Å². The van der Waals surface area contributed by atoms with Gasteiger partial charge in [0.05, 0.1) is 0 Å². The van der Waals surface area contributed by atoms with Gasteiger partial charge in [-0.3, -0.25) is 0 Å². The van der Waals surface area contributed by atoms with Gasteiger partial charge in [-0.05, 0) is 0 Å². The molecule has 0 fully saturated rings. The Morgan fingerprint density at radius 2 is 1.70 bits per heavy atom. The maximum Gasteiger partial charge on any atom is 2.00 e. The minimum Gasteiger partial charge on any atom is -1.00 e. The largest absolute Gasteiger partial charge is 2.00 e. The molecule has 7 heteroatoms. The molecule has 0 saturated carbocycles. The average Bonchev–Trinajstić information content (AvgIpc) is 1.21. The molecule has 0 aliphatic rings. The van der Waals surface area contributed by atoms with Crippen LogP contribution in [0.2, 0.25) is 0 Å². The predicted molar refractivity (Wildman–Crippen MR) is 29.1 cm³/mol. The predicted octanol–water partition coefficient (Wildman–Crippen LogP) is -4.31. The molecule has 0 N–H and O–H groups in total. The number of halogens is 1. The van der Waals surface area contributed by atoms with Crippen molar-refractivity contribution in [2.75, 3.05) is 0 Å². The van der Waals surface area contributed by atoms with Gasteiger partial charge in [0, 0.05) is 0 Å². The summed E-state index contributed by atoms with van der Waals surface area (Å²) in [6, 6.07) is 0. The Bertz CT molecular complexity index is 154. The van der Waals surface area contributed by atoms with E-state index in [1.165, 1.54) is 13.8 Å². The second-order valence-corrected chi connectivity index (χ2v) is 3.67. The summed E-state index contributed by atoms with van der Waals surface area (Å²) in [4.78, 5) is 0. The first-order valence-electron chi connectivity index (χ1n) is 2.06. The molecule has 0 amide bonds. The molecule has 10 heavy (non-hydrogen) atoms. The minimum absolute atomic E-state index is 0. The van der Waals surface area contributed by atoms with E-state index in [0.29, 0.717) is 0 Å². The quantitative estimate of drug-likeness (QED) is 0.483. The van der Waals surface area contributed by atoms with E-state index in [9.17, 15) is 11.9 Å². The van der Waals surface area contributed by atoms with Crippen LogP contribution in [0.1, 0.15) is 13.8 Å². The minimum atomic E-state index is -5.13. The molecule has 58 valence electrons. The number of hydrogen-bond acceptors (Lipinski definition) is 4. The normalized spacial score (nSPS) is 10.0. The van der Waals surface area contributed by atoms with Gasteiger partial charge < -0.3 is 17.0 Å². The summed E-state index contributed by atoms with van der Waals surface area (Å²) in [5, 5.41) is 0. The second-order valence-electron chi connectivity index (χ2n) is 1.55. The van der Waals surface area contributed by atoms with E-state index in [1.54, 1.807) is 0 Å². The Kier molecular flexibility index (Phi) is 12.1. The fraction of sp³-hybridized carbons (Fsp3) is 1.00. The molecule has 0 saturated heterocycles. The third kappa shape index (κ3) is 16.1. The molecule has 0 spiro atoms. The summed E-state index contributed by atoms with van der Waals surface area (Å²) >= 11 is -5.13. The van der Waals surface area contributed by atoms with Crippen LogP contribution in [0.4, 0.5) is 0 Å². The van der Waals surface area contributed by atoms with Gasteiger partial charge in [0.2, 0.25) is 0 Å². The van der Waals surface area contributed by atoms with Crippen LogP contribution in [0.5, 0.6) is 0 Å². The molecule has 0 aliphatic heterocycles. The fourth-order valence-corrected chi connectivity index (χ4v) is 1.22. The summed E-state index contributed by atoms with van der Waals surface area (Å²) in [6.07, 6.45) is -0.525. The Hall–Kier alpha value is 1.29. The number of rotatable bonds is 2. The fourth-order valence-electron chi connectivity index (χ4n) is 0.236. The van der Waals surface area contributed by atoms with Crippen molar-refractivity contribution >= 4 is 36.4 Å². The maximum atomic E-state index is 9.74. The van der Waals surface area contributed by atoms with Crippen LogP contribution in [0.15, 0.2) is 0 Å². The van der Waals surface area contributed by atoms with Gasteiger partial charge in [0.1, 0.15) is 0 Å². The Morgan fingerprint density at radius 1 is 1.40 bits per heavy atom. The molecule has 4 nitrogen and oxygen atoms in total. The molecule has 0 aromatic rings. The van der Waals surface area contributed by atoms with E-state index in [-0.39, 0.29) is 40.0 Å². The van der Waals surface area contributed by atoms with Gasteiger partial charge >= 0.3 is 72.1 Å². The van der Waals surface area contributed by atoms with Crippen molar-refractivity contribution in [3.8, 4) is 0 Å². The van der Waals surface area contributed by atoms with Crippen LogP contribution >= 0.6 is 0 Å². The van der Waals surface area contributed by atoms with Crippen LogP contribution < -0.4 is 21.2 Å². The van der Waals surface area contributed by atoms with E-state index in [4.69, 9.17) is 0 Å². The van der Waals surface area contributed by atoms with Gasteiger partial charge in [-0.2, -0.15) is 0 Å². The average molecular weight is 290 g/mol. The summed E-state index contributed by atoms with van der Waals surface area (Å²) in [6.45, 7) is 2.97. The topological polar surface area (TPSA) is 66.4 Å². The first kappa shape index (κ1) is 17.4. The molecule has 0 atom stereocenters. The molecule has 0 unspecified atom stereocenters.